The lowest BCUT2D eigenvalue weighted by atomic mass is 9.91. The van der Waals surface area contributed by atoms with E-state index in [1.54, 1.807) is 0 Å². The molecule has 0 saturated heterocycles. The number of nitrogens with one attached hydrogen (secondary N) is 1. The fourth-order valence-electron chi connectivity index (χ4n) is 2.70. The van der Waals surface area contributed by atoms with Crippen LogP contribution in [-0.2, 0) is 0 Å². The van der Waals surface area contributed by atoms with E-state index >= 15 is 0 Å². The third-order valence-corrected chi connectivity index (χ3v) is 4.18. The molecule has 112 valence electrons. The zero-order chi connectivity index (χ0) is 14.1. The summed E-state index contributed by atoms with van der Waals surface area (Å²) < 4.78 is 0. The van der Waals surface area contributed by atoms with Crippen molar-refractivity contribution in [3.63, 3.8) is 0 Å². The molecule has 0 spiro atoms. The molecule has 0 radical (unpaired) electrons. The molecule has 0 aromatic rings. The third-order valence-electron chi connectivity index (χ3n) is 4.18. The normalized spacial score (nSPS) is 21.2. The molecule has 1 N–H and O–H groups in total. The molecule has 0 atom stereocenters. The van der Waals surface area contributed by atoms with Crippen molar-refractivity contribution >= 4 is 0 Å². The van der Waals surface area contributed by atoms with Crippen LogP contribution in [0.1, 0.15) is 60.3 Å². The Hall–Kier alpha value is -0.0800. The van der Waals surface area contributed by atoms with Gasteiger partial charge in [0.25, 0.3) is 0 Å². The van der Waals surface area contributed by atoms with Gasteiger partial charge in [-0.25, -0.2) is 0 Å². The fraction of sp³-hybridized carbons (Fsp3) is 1.00. The summed E-state index contributed by atoms with van der Waals surface area (Å²) >= 11 is 0. The summed E-state index contributed by atoms with van der Waals surface area (Å²) in [5.74, 6) is 2.04. The van der Waals surface area contributed by atoms with Crippen molar-refractivity contribution in [1.29, 1.82) is 0 Å². The van der Waals surface area contributed by atoms with Crippen LogP contribution < -0.4 is 5.32 Å². The Bertz CT molecular complexity index is 268. The zero-order valence-electron chi connectivity index (χ0n) is 13.8. The van der Waals surface area contributed by atoms with E-state index in [-0.39, 0.29) is 5.54 Å². The lowest BCUT2D eigenvalue weighted by Crippen LogP contribution is -2.47. The first-order valence-electron chi connectivity index (χ1n) is 8.21. The molecule has 0 bridgehead atoms. The van der Waals surface area contributed by atoms with E-state index < -0.39 is 0 Å². The topological polar surface area (TPSA) is 15.3 Å². The molecule has 0 aromatic carbocycles. The van der Waals surface area contributed by atoms with Gasteiger partial charge in [0, 0.05) is 31.7 Å². The number of hydrogen-bond acceptors (Lipinski definition) is 2. The van der Waals surface area contributed by atoms with E-state index in [0.717, 1.165) is 18.4 Å². The average Bonchev–Trinajstić information content (AvgIpc) is 3.09. The highest BCUT2D eigenvalue weighted by Crippen LogP contribution is 2.34. The van der Waals surface area contributed by atoms with Crippen molar-refractivity contribution in [3.05, 3.63) is 0 Å². The standard InChI is InChI=1S/C17H34N2/c1-16(2,3)18-12-17(4,5)13-19(10-14-6-7-14)11-15-8-9-15/h14-15,18H,6-13H2,1-5H3. The Balaban J connectivity index is 1.78. The highest BCUT2D eigenvalue weighted by molar-refractivity contribution is 4.86. The van der Waals surface area contributed by atoms with E-state index in [1.807, 2.05) is 0 Å². The molecule has 2 saturated carbocycles. The van der Waals surface area contributed by atoms with Crippen LogP contribution in [0.3, 0.4) is 0 Å². The van der Waals surface area contributed by atoms with Crippen molar-refractivity contribution < 1.29 is 0 Å². The van der Waals surface area contributed by atoms with Gasteiger partial charge in [-0.05, 0) is 63.7 Å². The highest BCUT2D eigenvalue weighted by Gasteiger charge is 2.32. The summed E-state index contributed by atoms with van der Waals surface area (Å²) in [6, 6.07) is 0. The number of hydrogen-bond donors (Lipinski definition) is 1. The summed E-state index contributed by atoms with van der Waals surface area (Å²) in [7, 11) is 0. The van der Waals surface area contributed by atoms with Crippen LogP contribution in [-0.4, -0.2) is 36.6 Å². The lowest BCUT2D eigenvalue weighted by Gasteiger charge is -2.35. The van der Waals surface area contributed by atoms with Crippen molar-refractivity contribution in [2.24, 2.45) is 17.3 Å². The second-order valence-electron chi connectivity index (χ2n) is 8.85. The Kier molecular flexibility index (Phi) is 4.62. The molecular formula is C17H34N2. The van der Waals surface area contributed by atoms with E-state index in [9.17, 15) is 0 Å². The molecule has 0 unspecified atom stereocenters. The van der Waals surface area contributed by atoms with Crippen LogP contribution in [0.15, 0.2) is 0 Å². The smallest absolute Gasteiger partial charge is 0.00967 e. The molecule has 0 aliphatic heterocycles. The third kappa shape index (κ3) is 6.76. The maximum absolute atomic E-state index is 3.68. The predicted octanol–water partition coefficient (Wildman–Crippen LogP) is 3.52. The maximum Gasteiger partial charge on any atom is 0.00967 e. The largest absolute Gasteiger partial charge is 0.311 e. The Morgan fingerprint density at radius 3 is 1.74 bits per heavy atom. The predicted molar refractivity (Wildman–Crippen MR) is 83.4 cm³/mol. The lowest BCUT2D eigenvalue weighted by molar-refractivity contribution is 0.155. The van der Waals surface area contributed by atoms with Gasteiger partial charge < -0.3 is 10.2 Å². The van der Waals surface area contributed by atoms with Crippen molar-refractivity contribution in [3.8, 4) is 0 Å². The molecular weight excluding hydrogens is 232 g/mol. The molecule has 2 fully saturated rings. The Morgan fingerprint density at radius 1 is 0.895 bits per heavy atom. The van der Waals surface area contributed by atoms with Gasteiger partial charge >= 0.3 is 0 Å². The van der Waals surface area contributed by atoms with E-state index in [4.69, 9.17) is 0 Å². The molecule has 2 rings (SSSR count). The first-order valence-corrected chi connectivity index (χ1v) is 8.21. The van der Waals surface area contributed by atoms with Crippen LogP contribution in [0.25, 0.3) is 0 Å². The van der Waals surface area contributed by atoms with Gasteiger partial charge in [-0.1, -0.05) is 13.8 Å². The van der Waals surface area contributed by atoms with Crippen molar-refractivity contribution in [2.75, 3.05) is 26.2 Å². The van der Waals surface area contributed by atoms with Crippen LogP contribution in [0.5, 0.6) is 0 Å². The van der Waals surface area contributed by atoms with Gasteiger partial charge in [0.05, 0.1) is 0 Å². The highest BCUT2D eigenvalue weighted by atomic mass is 15.1. The second-order valence-corrected chi connectivity index (χ2v) is 8.85. The molecule has 0 amide bonds. The fourth-order valence-corrected chi connectivity index (χ4v) is 2.70. The van der Waals surface area contributed by atoms with Gasteiger partial charge in [-0.3, -0.25) is 0 Å². The molecule has 0 aromatic heterocycles. The number of nitrogens with zero attached hydrogens (tertiary/aromatic N) is 1. The van der Waals surface area contributed by atoms with Crippen molar-refractivity contribution in [1.82, 2.24) is 10.2 Å². The van der Waals surface area contributed by atoms with Crippen LogP contribution in [0.4, 0.5) is 0 Å². The van der Waals surface area contributed by atoms with Crippen LogP contribution in [0, 0.1) is 17.3 Å². The minimum atomic E-state index is 0.231. The van der Waals surface area contributed by atoms with Gasteiger partial charge in [0.1, 0.15) is 0 Å². The van der Waals surface area contributed by atoms with Gasteiger partial charge in [-0.2, -0.15) is 0 Å². The van der Waals surface area contributed by atoms with Gasteiger partial charge in [0.15, 0.2) is 0 Å². The second kappa shape index (κ2) is 5.73. The minimum absolute atomic E-state index is 0.231. The first-order chi connectivity index (χ1) is 8.73. The molecule has 2 aliphatic carbocycles. The van der Waals surface area contributed by atoms with E-state index in [1.165, 1.54) is 45.3 Å². The van der Waals surface area contributed by atoms with Gasteiger partial charge in [-0.15, -0.1) is 0 Å². The van der Waals surface area contributed by atoms with Crippen molar-refractivity contribution in [2.45, 2.75) is 65.8 Å². The number of rotatable bonds is 8. The molecule has 19 heavy (non-hydrogen) atoms. The zero-order valence-corrected chi connectivity index (χ0v) is 13.8. The Morgan fingerprint density at radius 2 is 1.37 bits per heavy atom. The summed E-state index contributed by atoms with van der Waals surface area (Å²) in [6.45, 7) is 16.7. The minimum Gasteiger partial charge on any atom is -0.311 e. The molecule has 2 heteroatoms. The first kappa shape index (κ1) is 15.3. The monoisotopic (exact) mass is 266 g/mol. The quantitative estimate of drug-likeness (QED) is 0.723. The SMILES string of the molecule is CC(C)(CNC(C)(C)C)CN(CC1CC1)CC1CC1. The maximum atomic E-state index is 3.68. The Labute approximate surface area is 120 Å². The van der Waals surface area contributed by atoms with Crippen LogP contribution >= 0.6 is 0 Å². The summed E-state index contributed by atoms with van der Waals surface area (Å²) in [6.07, 6.45) is 5.90. The van der Waals surface area contributed by atoms with E-state index in [0.29, 0.717) is 5.41 Å². The molecule has 2 nitrogen and oxygen atoms in total. The molecule has 2 aliphatic rings. The average molecular weight is 266 g/mol. The summed E-state index contributed by atoms with van der Waals surface area (Å²) in [4.78, 5) is 2.76. The summed E-state index contributed by atoms with van der Waals surface area (Å²) in [5.41, 5.74) is 0.603. The summed E-state index contributed by atoms with van der Waals surface area (Å²) in [5, 5.41) is 3.68. The van der Waals surface area contributed by atoms with Crippen LogP contribution in [0.2, 0.25) is 0 Å². The molecule has 0 heterocycles. The van der Waals surface area contributed by atoms with Gasteiger partial charge in [0.2, 0.25) is 0 Å². The van der Waals surface area contributed by atoms with E-state index in [2.05, 4.69) is 44.8 Å².